The summed E-state index contributed by atoms with van der Waals surface area (Å²) >= 11 is 7.64. The number of para-hydroxylation sites is 1. The minimum atomic E-state index is -0.0116. The van der Waals surface area contributed by atoms with E-state index in [2.05, 4.69) is 19.2 Å². The number of hydrogen-bond donors (Lipinski definition) is 1. The topological polar surface area (TPSA) is 42.0 Å². The maximum atomic E-state index is 13.3. The van der Waals surface area contributed by atoms with Crippen molar-refractivity contribution in [2.75, 3.05) is 0 Å². The number of pyridine rings is 1. The third kappa shape index (κ3) is 4.59. The van der Waals surface area contributed by atoms with Gasteiger partial charge in [0.25, 0.3) is 5.91 Å². The van der Waals surface area contributed by atoms with Crippen LogP contribution >= 0.6 is 23.4 Å². The van der Waals surface area contributed by atoms with E-state index in [4.69, 9.17) is 16.6 Å². The predicted octanol–water partition coefficient (Wildman–Crippen LogP) is 6.59. The van der Waals surface area contributed by atoms with Crippen LogP contribution in [-0.2, 0) is 0 Å². The van der Waals surface area contributed by atoms with E-state index in [0.29, 0.717) is 22.4 Å². The van der Waals surface area contributed by atoms with Gasteiger partial charge in [0.2, 0.25) is 0 Å². The minimum absolute atomic E-state index is 0.0116. The molecule has 1 heterocycles. The van der Waals surface area contributed by atoms with Crippen molar-refractivity contribution in [2.45, 2.75) is 49.1 Å². The number of carbonyl (C=O) groups excluding carboxylic acids is 1. The Morgan fingerprint density at radius 1 is 1.10 bits per heavy atom. The Bertz CT molecular complexity index is 1040. The second-order valence-electron chi connectivity index (χ2n) is 7.93. The number of halogens is 1. The minimum Gasteiger partial charge on any atom is -0.349 e. The van der Waals surface area contributed by atoms with E-state index >= 15 is 0 Å². The maximum absolute atomic E-state index is 13.3. The van der Waals surface area contributed by atoms with Crippen molar-refractivity contribution in [3.8, 4) is 0 Å². The summed E-state index contributed by atoms with van der Waals surface area (Å²) in [4.78, 5) is 19.0. The van der Waals surface area contributed by atoms with Gasteiger partial charge < -0.3 is 5.32 Å². The van der Waals surface area contributed by atoms with Crippen LogP contribution in [0.3, 0.4) is 0 Å². The molecule has 3 atom stereocenters. The molecule has 2 aromatic carbocycles. The average Bonchev–Trinajstić information content (AvgIpc) is 2.71. The fourth-order valence-electron chi connectivity index (χ4n) is 4.07. The van der Waals surface area contributed by atoms with Crippen LogP contribution in [0.25, 0.3) is 10.9 Å². The number of carbonyl (C=O) groups is 1. The number of nitrogens with zero attached hydrogens (tertiary/aromatic N) is 1. The lowest BCUT2D eigenvalue weighted by atomic mass is 9.78. The van der Waals surface area contributed by atoms with Crippen LogP contribution in [0.2, 0.25) is 5.02 Å². The second kappa shape index (κ2) is 8.76. The molecule has 0 spiro atoms. The zero-order valence-electron chi connectivity index (χ0n) is 16.7. The van der Waals surface area contributed by atoms with Gasteiger partial charge in [-0.15, -0.1) is 0 Å². The van der Waals surface area contributed by atoms with Crippen molar-refractivity contribution >= 4 is 40.2 Å². The molecule has 1 amide bonds. The normalized spacial score (nSPS) is 21.8. The third-order valence-corrected chi connectivity index (χ3v) is 7.12. The van der Waals surface area contributed by atoms with E-state index in [1.807, 2.05) is 54.6 Å². The Labute approximate surface area is 181 Å². The molecule has 0 radical (unpaired) electrons. The molecule has 29 heavy (non-hydrogen) atoms. The maximum Gasteiger partial charge on any atom is 0.252 e. The lowest BCUT2D eigenvalue weighted by Gasteiger charge is -2.34. The Balaban J connectivity index is 1.66. The van der Waals surface area contributed by atoms with E-state index < -0.39 is 0 Å². The molecule has 3 aromatic rings. The molecule has 0 saturated heterocycles. The van der Waals surface area contributed by atoms with E-state index in [0.717, 1.165) is 27.2 Å². The summed E-state index contributed by atoms with van der Waals surface area (Å²) in [6.07, 6.45) is 3.46. The molecule has 0 bridgehead atoms. The van der Waals surface area contributed by atoms with Gasteiger partial charge in [-0.1, -0.05) is 74.3 Å². The Morgan fingerprint density at radius 2 is 1.93 bits per heavy atom. The van der Waals surface area contributed by atoms with E-state index in [1.54, 1.807) is 0 Å². The molecule has 1 N–H and O–H groups in total. The van der Waals surface area contributed by atoms with Gasteiger partial charge in [-0.2, -0.15) is 0 Å². The monoisotopic (exact) mass is 424 g/mol. The molecule has 1 fully saturated rings. The smallest absolute Gasteiger partial charge is 0.252 e. The van der Waals surface area contributed by atoms with Crippen LogP contribution in [0.15, 0.2) is 64.5 Å². The average molecular weight is 425 g/mol. The van der Waals surface area contributed by atoms with Crippen LogP contribution in [0.5, 0.6) is 0 Å². The van der Waals surface area contributed by atoms with Crippen LogP contribution in [0.1, 0.15) is 43.5 Å². The number of benzene rings is 2. The highest BCUT2D eigenvalue weighted by atomic mass is 35.5. The van der Waals surface area contributed by atoms with E-state index in [1.165, 1.54) is 24.6 Å². The first-order valence-corrected chi connectivity index (χ1v) is 11.3. The first-order valence-electron chi connectivity index (χ1n) is 10.2. The molecule has 0 unspecified atom stereocenters. The van der Waals surface area contributed by atoms with Gasteiger partial charge in [-0.05, 0) is 48.6 Å². The summed E-state index contributed by atoms with van der Waals surface area (Å²) in [7, 11) is 0. The van der Waals surface area contributed by atoms with E-state index in [-0.39, 0.29) is 11.9 Å². The molecule has 1 aromatic heterocycles. The number of nitrogens with one attached hydrogen (secondary N) is 1. The lowest BCUT2D eigenvalue weighted by Crippen LogP contribution is -2.43. The number of amides is 1. The molecule has 0 aliphatic heterocycles. The number of rotatable bonds is 4. The summed E-state index contributed by atoms with van der Waals surface area (Å²) in [5.41, 5.74) is 1.51. The van der Waals surface area contributed by atoms with Crippen LogP contribution in [-0.4, -0.2) is 16.9 Å². The van der Waals surface area contributed by atoms with Crippen LogP contribution < -0.4 is 5.32 Å². The Hall–Kier alpha value is -2.04. The van der Waals surface area contributed by atoms with Crippen molar-refractivity contribution in [1.82, 2.24) is 10.3 Å². The van der Waals surface area contributed by atoms with Crippen molar-refractivity contribution < 1.29 is 4.79 Å². The van der Waals surface area contributed by atoms with Crippen molar-refractivity contribution in [2.24, 2.45) is 11.8 Å². The van der Waals surface area contributed by atoms with Crippen LogP contribution in [0.4, 0.5) is 0 Å². The summed E-state index contributed by atoms with van der Waals surface area (Å²) in [5.74, 6) is 1.11. The molecule has 1 aliphatic carbocycles. The third-order valence-electron chi connectivity index (χ3n) is 5.98. The number of aromatic nitrogens is 1. The molecule has 150 valence electrons. The van der Waals surface area contributed by atoms with Gasteiger partial charge in [0, 0.05) is 21.3 Å². The zero-order valence-corrected chi connectivity index (χ0v) is 18.3. The summed E-state index contributed by atoms with van der Waals surface area (Å²) in [6.45, 7) is 4.53. The molecule has 5 heteroatoms. The highest BCUT2D eigenvalue weighted by Gasteiger charge is 2.29. The molecule has 4 rings (SSSR count). The zero-order chi connectivity index (χ0) is 20.4. The highest BCUT2D eigenvalue weighted by molar-refractivity contribution is 7.99. The second-order valence-corrected chi connectivity index (χ2v) is 9.46. The number of fused-ring (bicyclic) bond motifs is 1. The predicted molar refractivity (Wildman–Crippen MR) is 121 cm³/mol. The fraction of sp³-hybridized carbons (Fsp3) is 0.333. The van der Waals surface area contributed by atoms with Crippen molar-refractivity contribution in [1.29, 1.82) is 0 Å². The van der Waals surface area contributed by atoms with E-state index in [9.17, 15) is 4.79 Å². The first-order chi connectivity index (χ1) is 14.0. The van der Waals surface area contributed by atoms with Gasteiger partial charge >= 0.3 is 0 Å². The van der Waals surface area contributed by atoms with Gasteiger partial charge in [-0.25, -0.2) is 4.98 Å². The van der Waals surface area contributed by atoms with Crippen molar-refractivity contribution in [3.05, 3.63) is 65.2 Å². The molecule has 1 aliphatic rings. The number of hydrogen-bond acceptors (Lipinski definition) is 3. The molecular weight excluding hydrogens is 400 g/mol. The quantitative estimate of drug-likeness (QED) is 0.513. The Kier molecular flexibility index (Phi) is 6.12. The summed E-state index contributed by atoms with van der Waals surface area (Å²) in [5, 5.41) is 5.68. The fourth-order valence-corrected chi connectivity index (χ4v) is 5.22. The largest absolute Gasteiger partial charge is 0.349 e. The van der Waals surface area contributed by atoms with Gasteiger partial charge in [0.1, 0.15) is 5.03 Å². The molecular formula is C24H25ClN2OS. The van der Waals surface area contributed by atoms with Crippen molar-refractivity contribution in [3.63, 3.8) is 0 Å². The first kappa shape index (κ1) is 20.2. The SMILES string of the molecule is C[C@H]1[C@H](C)CCC[C@@H]1NC(=O)c1cc(Sc2cccc(Cl)c2)nc2ccccc12. The standard InChI is InChI=1S/C24H25ClN2OS/c1-15-7-5-12-21(16(15)2)27-24(28)20-14-23(26-22-11-4-3-10-19(20)22)29-18-9-6-8-17(25)13-18/h3-4,6,8-11,13-16,21H,5,7,12H2,1-2H3,(H,27,28)/t15-,16+,21+/m1/s1. The van der Waals surface area contributed by atoms with Gasteiger partial charge in [-0.3, -0.25) is 4.79 Å². The van der Waals surface area contributed by atoms with Crippen LogP contribution in [0, 0.1) is 11.8 Å². The molecule has 3 nitrogen and oxygen atoms in total. The lowest BCUT2D eigenvalue weighted by molar-refractivity contribution is 0.0892. The van der Waals surface area contributed by atoms with Gasteiger partial charge in [0.15, 0.2) is 0 Å². The van der Waals surface area contributed by atoms with Gasteiger partial charge in [0.05, 0.1) is 11.1 Å². The Morgan fingerprint density at radius 3 is 2.76 bits per heavy atom. The summed E-state index contributed by atoms with van der Waals surface area (Å²) in [6, 6.07) is 17.6. The summed E-state index contributed by atoms with van der Waals surface area (Å²) < 4.78 is 0. The molecule has 1 saturated carbocycles. The highest BCUT2D eigenvalue weighted by Crippen LogP contribution is 2.32.